The van der Waals surface area contributed by atoms with E-state index in [4.69, 9.17) is 21.4 Å². The molecule has 202 valence electrons. The van der Waals surface area contributed by atoms with E-state index in [1.807, 2.05) is 13.0 Å². The van der Waals surface area contributed by atoms with Crippen molar-refractivity contribution in [1.29, 1.82) is 0 Å². The van der Waals surface area contributed by atoms with Crippen molar-refractivity contribution in [3.63, 3.8) is 0 Å². The topological polar surface area (TPSA) is 113 Å². The van der Waals surface area contributed by atoms with Gasteiger partial charge in [0.15, 0.2) is 0 Å². The molecular formula is C30H28ClNO6S. The number of halogens is 1. The van der Waals surface area contributed by atoms with Crippen LogP contribution in [0.25, 0.3) is 0 Å². The Labute approximate surface area is 232 Å². The maximum Gasteiger partial charge on any atom is 0.335 e. The van der Waals surface area contributed by atoms with E-state index < -0.39 is 21.9 Å². The summed E-state index contributed by atoms with van der Waals surface area (Å²) in [5, 5.41) is 23.4. The van der Waals surface area contributed by atoms with Crippen LogP contribution in [0.2, 0.25) is 5.02 Å². The van der Waals surface area contributed by atoms with Crippen LogP contribution < -0.4 is 10.1 Å². The first-order chi connectivity index (χ1) is 18.6. The molecule has 4 aromatic carbocycles. The normalized spacial score (nSPS) is 13.0. The SMILES string of the molecule is C[C@H](Cc1ccc(S(=O)(=O)c2cccc(Oc3cccc(C(=O)O)c3)c2)cc1)NC[C@H](O)c1cccc(Cl)c1. The highest BCUT2D eigenvalue weighted by atomic mass is 35.5. The van der Waals surface area contributed by atoms with Crippen LogP contribution in [0.4, 0.5) is 0 Å². The maximum atomic E-state index is 13.3. The Bertz CT molecular complexity index is 1560. The van der Waals surface area contributed by atoms with E-state index in [-0.39, 0.29) is 32.9 Å². The fourth-order valence-corrected chi connectivity index (χ4v) is 5.54. The summed E-state index contributed by atoms with van der Waals surface area (Å²) in [5.41, 5.74) is 1.75. The van der Waals surface area contributed by atoms with Crippen LogP contribution in [0.1, 0.15) is 34.5 Å². The van der Waals surface area contributed by atoms with Crippen molar-refractivity contribution in [1.82, 2.24) is 5.32 Å². The first kappa shape index (κ1) is 28.3. The average Bonchev–Trinajstić information content (AvgIpc) is 2.92. The zero-order chi connectivity index (χ0) is 28.0. The summed E-state index contributed by atoms with van der Waals surface area (Å²) in [6, 6.07) is 25.9. The molecule has 0 saturated heterocycles. The number of aliphatic hydroxyl groups excluding tert-OH is 1. The highest BCUT2D eigenvalue weighted by Crippen LogP contribution is 2.28. The van der Waals surface area contributed by atoms with Crippen molar-refractivity contribution in [3.8, 4) is 11.5 Å². The predicted octanol–water partition coefficient (Wildman–Crippen LogP) is 5.92. The van der Waals surface area contributed by atoms with Gasteiger partial charge in [0.05, 0.1) is 21.5 Å². The van der Waals surface area contributed by atoms with Crippen molar-refractivity contribution in [2.45, 2.75) is 35.3 Å². The lowest BCUT2D eigenvalue weighted by atomic mass is 10.1. The minimum absolute atomic E-state index is 0.0368. The number of carbonyl (C=O) groups is 1. The van der Waals surface area contributed by atoms with Gasteiger partial charge in [-0.15, -0.1) is 0 Å². The number of benzene rings is 4. The molecule has 0 bridgehead atoms. The van der Waals surface area contributed by atoms with Crippen LogP contribution in [-0.2, 0) is 16.3 Å². The number of carboxylic acids is 1. The van der Waals surface area contributed by atoms with E-state index in [0.717, 1.165) is 11.1 Å². The van der Waals surface area contributed by atoms with Crippen molar-refractivity contribution in [3.05, 3.63) is 119 Å². The van der Waals surface area contributed by atoms with Gasteiger partial charge in [-0.25, -0.2) is 13.2 Å². The lowest BCUT2D eigenvalue weighted by Gasteiger charge is -2.18. The Balaban J connectivity index is 1.39. The predicted molar refractivity (Wildman–Crippen MR) is 149 cm³/mol. The van der Waals surface area contributed by atoms with Gasteiger partial charge >= 0.3 is 5.97 Å². The number of hydrogen-bond acceptors (Lipinski definition) is 6. The molecule has 9 heteroatoms. The van der Waals surface area contributed by atoms with Gasteiger partial charge in [0, 0.05) is 17.6 Å². The Hall–Kier alpha value is -3.69. The van der Waals surface area contributed by atoms with Gasteiger partial charge in [-0.05, 0) is 85.1 Å². The quantitative estimate of drug-likeness (QED) is 0.207. The average molecular weight is 566 g/mol. The van der Waals surface area contributed by atoms with Crippen molar-refractivity contribution >= 4 is 27.4 Å². The van der Waals surface area contributed by atoms with Crippen molar-refractivity contribution in [2.24, 2.45) is 0 Å². The number of carboxylic acid groups (broad SMARTS) is 1. The van der Waals surface area contributed by atoms with Gasteiger partial charge < -0.3 is 20.3 Å². The fourth-order valence-electron chi connectivity index (χ4n) is 4.04. The van der Waals surface area contributed by atoms with Gasteiger partial charge in [0.25, 0.3) is 0 Å². The molecule has 0 amide bonds. The van der Waals surface area contributed by atoms with Gasteiger partial charge in [-0.2, -0.15) is 0 Å². The van der Waals surface area contributed by atoms with E-state index in [0.29, 0.717) is 18.0 Å². The van der Waals surface area contributed by atoms with Crippen molar-refractivity contribution < 1.29 is 28.2 Å². The number of aliphatic hydroxyl groups is 1. The second-order valence-corrected chi connectivity index (χ2v) is 11.5. The smallest absolute Gasteiger partial charge is 0.335 e. The van der Waals surface area contributed by atoms with E-state index in [1.54, 1.807) is 66.7 Å². The molecule has 0 heterocycles. The molecule has 0 radical (unpaired) electrons. The summed E-state index contributed by atoms with van der Waals surface area (Å²) >= 11 is 6.00. The third-order valence-corrected chi connectivity index (χ3v) is 8.10. The third kappa shape index (κ3) is 7.46. The fraction of sp³-hybridized carbons (Fsp3) is 0.167. The molecule has 4 rings (SSSR count). The monoisotopic (exact) mass is 565 g/mol. The van der Waals surface area contributed by atoms with E-state index in [1.165, 1.54) is 24.3 Å². The Morgan fingerprint density at radius 2 is 1.56 bits per heavy atom. The van der Waals surface area contributed by atoms with Gasteiger partial charge in [0.1, 0.15) is 11.5 Å². The molecule has 7 nitrogen and oxygen atoms in total. The summed E-state index contributed by atoms with van der Waals surface area (Å²) in [4.78, 5) is 11.4. The van der Waals surface area contributed by atoms with Gasteiger partial charge in [-0.1, -0.05) is 48.0 Å². The number of ether oxygens (including phenoxy) is 1. The number of sulfone groups is 1. The Kier molecular flexibility index (Phi) is 9.04. The molecule has 0 aliphatic rings. The van der Waals surface area contributed by atoms with Crippen LogP contribution in [0.5, 0.6) is 11.5 Å². The zero-order valence-corrected chi connectivity index (χ0v) is 22.7. The van der Waals surface area contributed by atoms with Crippen LogP contribution in [0.15, 0.2) is 107 Å². The van der Waals surface area contributed by atoms with Crippen LogP contribution in [0, 0.1) is 0 Å². The largest absolute Gasteiger partial charge is 0.478 e. The highest BCUT2D eigenvalue weighted by molar-refractivity contribution is 7.91. The summed E-state index contributed by atoms with van der Waals surface area (Å²) in [5.74, 6) is -0.521. The second-order valence-electron chi connectivity index (χ2n) is 9.14. The zero-order valence-electron chi connectivity index (χ0n) is 21.1. The van der Waals surface area contributed by atoms with E-state index >= 15 is 0 Å². The molecule has 0 aromatic heterocycles. The lowest BCUT2D eigenvalue weighted by Crippen LogP contribution is -2.32. The molecule has 0 saturated carbocycles. The van der Waals surface area contributed by atoms with E-state index in [9.17, 15) is 18.3 Å². The Morgan fingerprint density at radius 3 is 2.26 bits per heavy atom. The lowest BCUT2D eigenvalue weighted by molar-refractivity contribution is 0.0696. The maximum absolute atomic E-state index is 13.3. The van der Waals surface area contributed by atoms with Gasteiger partial charge in [0.2, 0.25) is 9.84 Å². The highest BCUT2D eigenvalue weighted by Gasteiger charge is 2.19. The molecular weight excluding hydrogens is 538 g/mol. The molecule has 3 N–H and O–H groups in total. The summed E-state index contributed by atoms with van der Waals surface area (Å²) in [6.07, 6.45) is -0.0547. The number of hydrogen-bond donors (Lipinski definition) is 3. The van der Waals surface area contributed by atoms with Crippen LogP contribution in [-0.4, -0.2) is 37.2 Å². The van der Waals surface area contributed by atoms with Crippen LogP contribution in [0.3, 0.4) is 0 Å². The first-order valence-corrected chi connectivity index (χ1v) is 14.1. The molecule has 0 aliphatic carbocycles. The molecule has 0 unspecified atom stereocenters. The minimum Gasteiger partial charge on any atom is -0.478 e. The standard InChI is InChI=1S/C30H28ClNO6S/c1-20(32-19-29(33)22-5-2-7-24(31)16-22)15-21-11-13-27(14-12-21)39(36,37)28-10-4-9-26(18-28)38-25-8-3-6-23(17-25)30(34)35/h2-14,16-18,20,29,32-33H,15,19H2,1H3,(H,34,35)/t20-,29+/m1/s1. The molecule has 4 aromatic rings. The molecule has 2 atom stereocenters. The molecule has 39 heavy (non-hydrogen) atoms. The summed E-state index contributed by atoms with van der Waals surface area (Å²) in [6.45, 7) is 2.35. The number of nitrogens with one attached hydrogen (secondary N) is 1. The number of rotatable bonds is 11. The third-order valence-electron chi connectivity index (χ3n) is 6.10. The molecule has 0 aliphatic heterocycles. The molecule has 0 spiro atoms. The minimum atomic E-state index is -3.81. The molecule has 0 fully saturated rings. The van der Waals surface area contributed by atoms with Gasteiger partial charge in [-0.3, -0.25) is 0 Å². The van der Waals surface area contributed by atoms with Crippen molar-refractivity contribution in [2.75, 3.05) is 6.54 Å². The summed E-state index contributed by atoms with van der Waals surface area (Å²) < 4.78 is 32.3. The van der Waals surface area contributed by atoms with E-state index in [2.05, 4.69) is 5.32 Å². The first-order valence-electron chi connectivity index (χ1n) is 12.2. The second kappa shape index (κ2) is 12.4. The summed E-state index contributed by atoms with van der Waals surface area (Å²) in [7, 11) is -3.81. The van der Waals surface area contributed by atoms with Crippen LogP contribution >= 0.6 is 11.6 Å². The number of aromatic carboxylic acids is 1. The Morgan fingerprint density at radius 1 is 0.897 bits per heavy atom.